The number of nitrogens with zero attached hydrogens (tertiary/aromatic N) is 1. The van der Waals surface area contributed by atoms with Crippen molar-refractivity contribution in [2.75, 3.05) is 10.8 Å². The number of ether oxygens (including phenoxy) is 1. The minimum atomic E-state index is -0.542. The Morgan fingerprint density at radius 3 is 2.55 bits per heavy atom. The Labute approximate surface area is 182 Å². The van der Waals surface area contributed by atoms with Gasteiger partial charge in [0, 0.05) is 36.3 Å². The van der Waals surface area contributed by atoms with Gasteiger partial charge in [-0.3, -0.25) is 9.59 Å². The van der Waals surface area contributed by atoms with Crippen molar-refractivity contribution in [3.05, 3.63) is 76.2 Å². The molecule has 160 valence electrons. The second-order valence-electron chi connectivity index (χ2n) is 6.28. The molecule has 0 aliphatic heterocycles. The third-order valence-electron chi connectivity index (χ3n) is 3.90. The lowest BCUT2D eigenvalue weighted by Crippen LogP contribution is -2.23. The largest absolute Gasteiger partial charge is 0.442 e. The molecule has 0 aliphatic rings. The van der Waals surface area contributed by atoms with Crippen LogP contribution in [0.1, 0.15) is 27.9 Å². The zero-order valence-corrected chi connectivity index (χ0v) is 17.4. The summed E-state index contributed by atoms with van der Waals surface area (Å²) in [6.45, 7) is 1.67. The average molecular weight is 440 g/mol. The third-order valence-corrected chi connectivity index (χ3v) is 4.65. The summed E-state index contributed by atoms with van der Waals surface area (Å²) in [5, 5.41) is 7.95. The summed E-state index contributed by atoms with van der Waals surface area (Å²) in [7, 11) is 0. The molecule has 2 amide bonds. The van der Waals surface area contributed by atoms with Gasteiger partial charge in [0.1, 0.15) is 11.6 Å². The number of hydrogen-bond donors (Lipinski definition) is 3. The van der Waals surface area contributed by atoms with Crippen molar-refractivity contribution in [3.8, 4) is 0 Å². The van der Waals surface area contributed by atoms with Gasteiger partial charge >= 0.3 is 12.1 Å². The second kappa shape index (κ2) is 10.7. The fourth-order valence-corrected chi connectivity index (χ4v) is 2.97. The topological polar surface area (TPSA) is 119 Å². The average Bonchev–Trinajstić information content (AvgIpc) is 3.29. The number of anilines is 2. The molecule has 1 aromatic heterocycles. The van der Waals surface area contributed by atoms with Crippen molar-refractivity contribution in [1.82, 2.24) is 10.3 Å². The van der Waals surface area contributed by atoms with Crippen LogP contribution in [0.5, 0.6) is 0 Å². The molecule has 3 N–H and O–H groups in total. The minimum absolute atomic E-state index is 0.125. The SMILES string of the molecule is CC(=O)ONc1cccc(NC(=O)c2ccc(CNC(=O)OCc3nccs3)cc2)c1. The predicted octanol–water partition coefficient (Wildman–Crippen LogP) is 3.71. The van der Waals surface area contributed by atoms with Crippen LogP contribution >= 0.6 is 11.3 Å². The molecule has 0 aliphatic carbocycles. The van der Waals surface area contributed by atoms with Gasteiger partial charge in [0.15, 0.2) is 0 Å². The van der Waals surface area contributed by atoms with Gasteiger partial charge in [-0.15, -0.1) is 11.3 Å². The highest BCUT2D eigenvalue weighted by atomic mass is 32.1. The molecule has 0 saturated carbocycles. The van der Waals surface area contributed by atoms with Crippen LogP contribution in [0.4, 0.5) is 16.2 Å². The van der Waals surface area contributed by atoms with E-state index in [4.69, 9.17) is 9.57 Å². The summed E-state index contributed by atoms with van der Waals surface area (Å²) in [5.74, 6) is -0.774. The van der Waals surface area contributed by atoms with Gasteiger partial charge < -0.3 is 20.2 Å². The molecule has 0 fully saturated rings. The number of alkyl carbamates (subject to hydrolysis) is 1. The molecule has 0 spiro atoms. The fourth-order valence-electron chi connectivity index (χ4n) is 2.45. The second-order valence-corrected chi connectivity index (χ2v) is 7.26. The standard InChI is InChI=1S/C21H20N4O5S/c1-14(26)30-25-18-4-2-3-17(11-18)24-20(27)16-7-5-15(6-8-16)12-23-21(28)29-13-19-22-9-10-31-19/h2-11,25H,12-13H2,1H3,(H,23,28)(H,24,27). The van der Waals surface area contributed by atoms with E-state index in [-0.39, 0.29) is 19.1 Å². The number of benzene rings is 2. The molecular formula is C21H20N4O5S. The van der Waals surface area contributed by atoms with E-state index in [2.05, 4.69) is 21.1 Å². The molecule has 0 atom stereocenters. The Morgan fingerprint density at radius 2 is 1.84 bits per heavy atom. The maximum atomic E-state index is 12.5. The number of carbonyl (C=O) groups is 3. The summed E-state index contributed by atoms with van der Waals surface area (Å²) in [6.07, 6.45) is 1.11. The normalized spacial score (nSPS) is 10.1. The number of amides is 2. The Hall–Kier alpha value is -3.92. The van der Waals surface area contributed by atoms with E-state index in [1.165, 1.54) is 18.3 Å². The van der Waals surface area contributed by atoms with E-state index in [9.17, 15) is 14.4 Å². The van der Waals surface area contributed by atoms with E-state index < -0.39 is 12.1 Å². The Kier molecular flexibility index (Phi) is 7.55. The molecule has 0 saturated heterocycles. The van der Waals surface area contributed by atoms with Gasteiger partial charge in [0.2, 0.25) is 0 Å². The van der Waals surface area contributed by atoms with Crippen molar-refractivity contribution in [2.45, 2.75) is 20.1 Å². The summed E-state index contributed by atoms with van der Waals surface area (Å²) in [5.41, 5.74) is 4.83. The molecule has 31 heavy (non-hydrogen) atoms. The molecule has 9 nitrogen and oxygen atoms in total. The summed E-state index contributed by atoms with van der Waals surface area (Å²) in [6, 6.07) is 13.6. The van der Waals surface area contributed by atoms with Crippen molar-refractivity contribution < 1.29 is 24.0 Å². The van der Waals surface area contributed by atoms with Gasteiger partial charge in [0.05, 0.1) is 5.69 Å². The lowest BCUT2D eigenvalue weighted by molar-refractivity contribution is -0.138. The van der Waals surface area contributed by atoms with Crippen molar-refractivity contribution in [2.24, 2.45) is 0 Å². The molecule has 0 unspecified atom stereocenters. The van der Waals surface area contributed by atoms with Crippen LogP contribution in [0, 0.1) is 0 Å². The summed E-state index contributed by atoms with van der Waals surface area (Å²) < 4.78 is 5.08. The number of rotatable bonds is 8. The quantitative estimate of drug-likeness (QED) is 0.457. The maximum absolute atomic E-state index is 12.5. The molecule has 10 heteroatoms. The van der Waals surface area contributed by atoms with E-state index >= 15 is 0 Å². The van der Waals surface area contributed by atoms with Crippen LogP contribution in [0.2, 0.25) is 0 Å². The zero-order valence-electron chi connectivity index (χ0n) is 16.6. The van der Waals surface area contributed by atoms with Crippen molar-refractivity contribution in [3.63, 3.8) is 0 Å². The highest BCUT2D eigenvalue weighted by Crippen LogP contribution is 2.16. The molecule has 3 aromatic rings. The van der Waals surface area contributed by atoms with Gasteiger partial charge in [-0.1, -0.05) is 18.2 Å². The highest BCUT2D eigenvalue weighted by molar-refractivity contribution is 7.09. The van der Waals surface area contributed by atoms with E-state index in [0.29, 0.717) is 16.9 Å². The smallest absolute Gasteiger partial charge is 0.407 e. The minimum Gasteiger partial charge on any atom is -0.442 e. The molecule has 0 radical (unpaired) electrons. The third kappa shape index (κ3) is 7.12. The van der Waals surface area contributed by atoms with Crippen molar-refractivity contribution in [1.29, 1.82) is 0 Å². The van der Waals surface area contributed by atoms with Crippen LogP contribution in [-0.2, 0) is 27.5 Å². The van der Waals surface area contributed by atoms with E-state index in [1.807, 2.05) is 5.38 Å². The van der Waals surface area contributed by atoms with Gasteiger partial charge in [0.25, 0.3) is 5.91 Å². The first-order valence-electron chi connectivity index (χ1n) is 9.22. The molecule has 0 bridgehead atoms. The first-order valence-corrected chi connectivity index (χ1v) is 10.1. The van der Waals surface area contributed by atoms with Gasteiger partial charge in [-0.05, 0) is 35.9 Å². The van der Waals surface area contributed by atoms with Crippen molar-refractivity contribution >= 4 is 40.7 Å². The molecular weight excluding hydrogens is 420 g/mol. The molecule has 3 rings (SSSR count). The van der Waals surface area contributed by atoms with Crippen LogP contribution < -0.4 is 16.1 Å². The van der Waals surface area contributed by atoms with E-state index in [1.54, 1.807) is 54.7 Å². The Bertz CT molecular complexity index is 1040. The lowest BCUT2D eigenvalue weighted by Gasteiger charge is -2.09. The zero-order chi connectivity index (χ0) is 22.1. The summed E-state index contributed by atoms with van der Waals surface area (Å²) >= 11 is 1.41. The monoisotopic (exact) mass is 440 g/mol. The number of nitrogens with one attached hydrogen (secondary N) is 3. The first kappa shape index (κ1) is 21.8. The van der Waals surface area contributed by atoms with Crippen LogP contribution in [-0.4, -0.2) is 23.0 Å². The van der Waals surface area contributed by atoms with Crippen LogP contribution in [0.15, 0.2) is 60.1 Å². The number of carbonyl (C=O) groups excluding carboxylic acids is 3. The fraction of sp³-hybridized carbons (Fsp3) is 0.143. The van der Waals surface area contributed by atoms with E-state index in [0.717, 1.165) is 10.6 Å². The highest BCUT2D eigenvalue weighted by Gasteiger charge is 2.08. The molecule has 2 aromatic carbocycles. The number of hydrogen-bond acceptors (Lipinski definition) is 8. The van der Waals surface area contributed by atoms with Crippen LogP contribution in [0.25, 0.3) is 0 Å². The lowest BCUT2D eigenvalue weighted by atomic mass is 10.1. The number of thiazole rings is 1. The first-order chi connectivity index (χ1) is 15.0. The van der Waals surface area contributed by atoms with Gasteiger partial charge in [-0.25, -0.2) is 15.3 Å². The Morgan fingerprint density at radius 1 is 1.06 bits per heavy atom. The summed E-state index contributed by atoms with van der Waals surface area (Å²) in [4.78, 5) is 43.8. The maximum Gasteiger partial charge on any atom is 0.407 e. The number of aromatic nitrogens is 1. The molecule has 1 heterocycles. The van der Waals surface area contributed by atoms with Gasteiger partial charge in [-0.2, -0.15) is 0 Å². The predicted molar refractivity (Wildman–Crippen MR) is 115 cm³/mol. The Balaban J connectivity index is 1.48. The van der Waals surface area contributed by atoms with Crippen LogP contribution in [0.3, 0.4) is 0 Å².